The number of nitrogens with two attached hydrogens (primary N) is 1. The average molecular weight is 536 g/mol. The summed E-state index contributed by atoms with van der Waals surface area (Å²) in [4.78, 5) is 25.8. The Morgan fingerprint density at radius 1 is 1.10 bits per heavy atom. The highest BCUT2D eigenvalue weighted by Crippen LogP contribution is 2.67. The number of fused-ring (bicyclic) bond motifs is 5. The Morgan fingerprint density at radius 2 is 1.90 bits per heavy atom. The average Bonchev–Trinajstić information content (AvgIpc) is 3.29. The van der Waals surface area contributed by atoms with Crippen molar-refractivity contribution in [3.05, 3.63) is 24.0 Å². The molecule has 0 unspecified atom stereocenters. The number of piperazine rings is 1. The van der Waals surface area contributed by atoms with Gasteiger partial charge in [-0.05, 0) is 98.2 Å². The lowest BCUT2D eigenvalue weighted by atomic mass is 9.47. The van der Waals surface area contributed by atoms with Gasteiger partial charge in [-0.3, -0.25) is 4.79 Å². The Balaban J connectivity index is 1.04. The fourth-order valence-corrected chi connectivity index (χ4v) is 10.0. The maximum Gasteiger partial charge on any atom is 0.222 e. The molecule has 3 N–H and O–H groups in total. The number of anilines is 2. The van der Waals surface area contributed by atoms with Crippen molar-refractivity contribution < 1.29 is 9.90 Å². The first-order valence-electron chi connectivity index (χ1n) is 15.7. The van der Waals surface area contributed by atoms with Crippen LogP contribution in [0, 0.1) is 40.4 Å². The predicted octanol–water partition coefficient (Wildman–Crippen LogP) is 5.06. The van der Waals surface area contributed by atoms with Gasteiger partial charge in [0.25, 0.3) is 0 Å². The van der Waals surface area contributed by atoms with E-state index in [1.807, 2.05) is 11.0 Å². The molecule has 5 aliphatic rings. The highest BCUT2D eigenvalue weighted by atomic mass is 16.3. The van der Waals surface area contributed by atoms with Crippen LogP contribution in [0.3, 0.4) is 0 Å². The summed E-state index contributed by atoms with van der Waals surface area (Å²) in [5, 5.41) is 10.3. The quantitative estimate of drug-likeness (QED) is 0.512. The van der Waals surface area contributed by atoms with Crippen molar-refractivity contribution in [3.63, 3.8) is 0 Å². The largest absolute Gasteiger partial charge is 0.393 e. The van der Waals surface area contributed by atoms with Gasteiger partial charge in [-0.15, -0.1) is 0 Å². The summed E-state index contributed by atoms with van der Waals surface area (Å²) in [6.45, 7) is 10.6. The summed E-state index contributed by atoms with van der Waals surface area (Å²) in [5.41, 5.74) is 8.11. The van der Waals surface area contributed by atoms with Gasteiger partial charge in [-0.2, -0.15) is 0 Å². The second-order valence-electron chi connectivity index (χ2n) is 14.1. The van der Waals surface area contributed by atoms with Gasteiger partial charge in [-0.25, -0.2) is 9.97 Å². The number of nitrogen functional groups attached to an aromatic ring is 1. The number of amides is 1. The van der Waals surface area contributed by atoms with Crippen molar-refractivity contribution in [2.45, 2.75) is 91.1 Å². The van der Waals surface area contributed by atoms with E-state index in [0.29, 0.717) is 34.9 Å². The lowest BCUT2D eigenvalue weighted by molar-refractivity contribution is -0.132. The van der Waals surface area contributed by atoms with E-state index in [-0.39, 0.29) is 6.10 Å². The summed E-state index contributed by atoms with van der Waals surface area (Å²) < 4.78 is 0. The number of hydrogen-bond acceptors (Lipinski definition) is 6. The molecule has 7 nitrogen and oxygen atoms in total. The van der Waals surface area contributed by atoms with Crippen LogP contribution in [0.15, 0.2) is 24.0 Å². The molecule has 1 aliphatic heterocycles. The number of carbonyl (C=O) groups is 1. The van der Waals surface area contributed by atoms with E-state index < -0.39 is 0 Å². The molecule has 1 saturated heterocycles. The third-order valence-electron chi connectivity index (χ3n) is 12.3. The van der Waals surface area contributed by atoms with Gasteiger partial charge in [-0.1, -0.05) is 32.4 Å². The maximum absolute atomic E-state index is 13.2. The predicted molar refractivity (Wildman–Crippen MR) is 155 cm³/mol. The molecule has 0 aromatic carbocycles. The van der Waals surface area contributed by atoms with Gasteiger partial charge in [0.1, 0.15) is 18.0 Å². The van der Waals surface area contributed by atoms with Crippen LogP contribution in [-0.4, -0.2) is 58.2 Å². The van der Waals surface area contributed by atoms with Crippen LogP contribution < -0.4 is 10.6 Å². The van der Waals surface area contributed by atoms with Crippen molar-refractivity contribution in [3.8, 4) is 0 Å². The van der Waals surface area contributed by atoms with Gasteiger partial charge in [0, 0.05) is 38.7 Å². The number of aliphatic hydroxyl groups excluding tert-OH is 1. The molecular formula is C32H49N5O2. The van der Waals surface area contributed by atoms with Crippen molar-refractivity contribution in [1.29, 1.82) is 0 Å². The minimum atomic E-state index is -0.129. The monoisotopic (exact) mass is 535 g/mol. The molecule has 7 heteroatoms. The smallest absolute Gasteiger partial charge is 0.222 e. The van der Waals surface area contributed by atoms with E-state index in [1.165, 1.54) is 38.4 Å². The Kier molecular flexibility index (Phi) is 7.18. The number of aromatic nitrogens is 2. The number of nitrogens with zero attached hydrogens (tertiary/aromatic N) is 4. The fourth-order valence-electron chi connectivity index (χ4n) is 10.0. The van der Waals surface area contributed by atoms with Gasteiger partial charge < -0.3 is 20.6 Å². The number of rotatable bonds is 5. The molecule has 4 fully saturated rings. The summed E-state index contributed by atoms with van der Waals surface area (Å²) >= 11 is 0. The second kappa shape index (κ2) is 10.4. The molecule has 8 atom stereocenters. The number of hydrogen-bond donors (Lipinski definition) is 2. The molecule has 1 aromatic heterocycles. The van der Waals surface area contributed by atoms with Crippen LogP contribution in [0.1, 0.15) is 85.0 Å². The van der Waals surface area contributed by atoms with E-state index in [0.717, 1.165) is 81.4 Å². The Morgan fingerprint density at radius 3 is 2.67 bits per heavy atom. The third kappa shape index (κ3) is 4.76. The number of carbonyl (C=O) groups excluding carboxylic acids is 1. The Hall–Kier alpha value is -2.15. The molecule has 0 bridgehead atoms. The zero-order chi connectivity index (χ0) is 27.4. The van der Waals surface area contributed by atoms with Crippen LogP contribution in [0.2, 0.25) is 0 Å². The van der Waals surface area contributed by atoms with Crippen LogP contribution in [-0.2, 0) is 4.79 Å². The highest BCUT2D eigenvalue weighted by molar-refractivity contribution is 5.76. The van der Waals surface area contributed by atoms with Gasteiger partial charge >= 0.3 is 0 Å². The first-order chi connectivity index (χ1) is 18.7. The topological polar surface area (TPSA) is 95.6 Å². The molecule has 214 valence electrons. The molecule has 1 aromatic rings. The molecule has 0 spiro atoms. The SMILES string of the molecule is C[C@H](CCC(=O)N1CCN(c2cc(N)ncn2)CC1)[C@H]1CC[C@H]2[C@@H]3CC=C4C[C@@H](O)CC[C@]4(C)[C@H]3CC[C@]12C. The molecule has 6 rings (SSSR count). The number of allylic oxidation sites excluding steroid dienone is 1. The van der Waals surface area contributed by atoms with Crippen molar-refractivity contribution in [2.24, 2.45) is 40.4 Å². The maximum atomic E-state index is 13.2. The van der Waals surface area contributed by atoms with Gasteiger partial charge in [0.05, 0.1) is 6.10 Å². The zero-order valence-electron chi connectivity index (χ0n) is 24.3. The molecule has 2 heterocycles. The van der Waals surface area contributed by atoms with E-state index in [9.17, 15) is 9.90 Å². The van der Waals surface area contributed by atoms with Crippen LogP contribution in [0.25, 0.3) is 0 Å². The van der Waals surface area contributed by atoms with Gasteiger partial charge in [0.15, 0.2) is 0 Å². The lowest BCUT2D eigenvalue weighted by Crippen LogP contribution is -2.51. The first kappa shape index (κ1) is 27.0. The first-order valence-corrected chi connectivity index (χ1v) is 15.7. The lowest BCUT2D eigenvalue weighted by Gasteiger charge is -2.58. The van der Waals surface area contributed by atoms with Crippen molar-refractivity contribution in [2.75, 3.05) is 36.8 Å². The normalized spacial score (nSPS) is 38.9. The summed E-state index contributed by atoms with van der Waals surface area (Å²) in [6.07, 6.45) is 15.2. The summed E-state index contributed by atoms with van der Waals surface area (Å²) in [5.74, 6) is 5.35. The van der Waals surface area contributed by atoms with Crippen LogP contribution in [0.4, 0.5) is 11.6 Å². The Bertz CT molecular complexity index is 1100. The van der Waals surface area contributed by atoms with Gasteiger partial charge in [0.2, 0.25) is 5.91 Å². The minimum absolute atomic E-state index is 0.129. The molecule has 1 amide bonds. The van der Waals surface area contributed by atoms with E-state index in [1.54, 1.807) is 5.57 Å². The molecule has 0 radical (unpaired) electrons. The zero-order valence-corrected chi connectivity index (χ0v) is 24.3. The number of aliphatic hydroxyl groups is 1. The molecule has 3 saturated carbocycles. The molecule has 39 heavy (non-hydrogen) atoms. The van der Waals surface area contributed by atoms with E-state index in [4.69, 9.17) is 5.73 Å². The van der Waals surface area contributed by atoms with Crippen LogP contribution >= 0.6 is 0 Å². The van der Waals surface area contributed by atoms with E-state index in [2.05, 4.69) is 41.7 Å². The van der Waals surface area contributed by atoms with Crippen molar-refractivity contribution >= 4 is 17.5 Å². The van der Waals surface area contributed by atoms with Crippen molar-refractivity contribution in [1.82, 2.24) is 14.9 Å². The fraction of sp³-hybridized carbons (Fsp3) is 0.781. The third-order valence-corrected chi connectivity index (χ3v) is 12.3. The minimum Gasteiger partial charge on any atom is -0.393 e. The second-order valence-corrected chi connectivity index (χ2v) is 14.1. The standard InChI is InChI=1S/C32H49N5O2/c1-21(4-9-30(39)37-16-14-36(15-17-37)29-19-28(33)34-20-35-29)25-7-8-26-24-6-5-22-18-23(38)10-12-31(22,2)27(24)11-13-32(25,26)3/h5,19-21,23-27,38H,4,6-18H2,1-3H3,(H2,33,34,35)/t21-,23+,24+,25-,26+,27+,31+,32-/m1/s1. The summed E-state index contributed by atoms with van der Waals surface area (Å²) in [6, 6.07) is 1.81. The highest BCUT2D eigenvalue weighted by Gasteiger charge is 2.59. The Labute approximate surface area is 234 Å². The van der Waals surface area contributed by atoms with Crippen LogP contribution in [0.5, 0.6) is 0 Å². The molecule has 4 aliphatic carbocycles. The molecular weight excluding hydrogens is 486 g/mol. The van der Waals surface area contributed by atoms with E-state index >= 15 is 0 Å². The summed E-state index contributed by atoms with van der Waals surface area (Å²) in [7, 11) is 0.